The Morgan fingerprint density at radius 3 is 2.86 bits per heavy atom. The summed E-state index contributed by atoms with van der Waals surface area (Å²) >= 11 is 0. The van der Waals surface area contributed by atoms with Crippen molar-refractivity contribution in [3.63, 3.8) is 0 Å². The quantitative estimate of drug-likeness (QED) is 0.454. The summed E-state index contributed by atoms with van der Waals surface area (Å²) in [6, 6.07) is -0.409. The molecule has 0 radical (unpaired) electrons. The van der Waals surface area contributed by atoms with Crippen molar-refractivity contribution in [1.29, 1.82) is 0 Å². The Morgan fingerprint density at radius 1 is 1.57 bits per heavy atom. The number of aliphatic hydroxyl groups is 1. The molecule has 0 aliphatic carbocycles. The van der Waals surface area contributed by atoms with Crippen molar-refractivity contribution >= 4 is 5.91 Å². The minimum Gasteiger partial charge on any atom is -0.394 e. The van der Waals surface area contributed by atoms with E-state index in [0.717, 1.165) is 6.42 Å². The molecule has 0 unspecified atom stereocenters. The summed E-state index contributed by atoms with van der Waals surface area (Å²) in [4.78, 5) is 11.1. The molecule has 0 aromatic rings. The first kappa shape index (κ1) is 13.4. The lowest BCUT2D eigenvalue weighted by atomic mass is 10.2. The number of nitrogens with two attached hydrogens (primary N) is 1. The SMILES string of the molecule is CC[C@H](N)C(=O)NCCCOCCO. The molecule has 0 aromatic carbocycles. The third-order valence-corrected chi connectivity index (χ3v) is 1.78. The molecule has 5 heteroatoms. The summed E-state index contributed by atoms with van der Waals surface area (Å²) in [5, 5.41) is 11.1. The van der Waals surface area contributed by atoms with Crippen LogP contribution in [0.15, 0.2) is 0 Å². The van der Waals surface area contributed by atoms with Crippen LogP contribution in [0.4, 0.5) is 0 Å². The van der Waals surface area contributed by atoms with Gasteiger partial charge in [-0.1, -0.05) is 6.92 Å². The summed E-state index contributed by atoms with van der Waals surface area (Å²) < 4.78 is 5.02. The molecule has 1 amide bonds. The number of nitrogens with one attached hydrogen (secondary N) is 1. The first-order chi connectivity index (χ1) is 6.72. The van der Waals surface area contributed by atoms with Gasteiger partial charge < -0.3 is 20.9 Å². The largest absolute Gasteiger partial charge is 0.394 e. The molecule has 0 aromatic heterocycles. The molecule has 0 bridgehead atoms. The predicted molar refractivity (Wildman–Crippen MR) is 53.8 cm³/mol. The first-order valence-electron chi connectivity index (χ1n) is 4.94. The van der Waals surface area contributed by atoms with E-state index in [0.29, 0.717) is 26.2 Å². The van der Waals surface area contributed by atoms with Crippen LogP contribution in [-0.2, 0) is 9.53 Å². The maximum atomic E-state index is 11.1. The van der Waals surface area contributed by atoms with Crippen molar-refractivity contribution in [1.82, 2.24) is 5.32 Å². The topological polar surface area (TPSA) is 84.6 Å². The van der Waals surface area contributed by atoms with E-state index in [1.807, 2.05) is 6.92 Å². The Labute approximate surface area is 84.6 Å². The van der Waals surface area contributed by atoms with Gasteiger partial charge in [0.25, 0.3) is 0 Å². The monoisotopic (exact) mass is 204 g/mol. The fourth-order valence-corrected chi connectivity index (χ4v) is 0.869. The average molecular weight is 204 g/mol. The van der Waals surface area contributed by atoms with Crippen molar-refractivity contribution in [2.75, 3.05) is 26.4 Å². The molecule has 4 N–H and O–H groups in total. The Hall–Kier alpha value is -0.650. The lowest BCUT2D eigenvalue weighted by molar-refractivity contribution is -0.122. The van der Waals surface area contributed by atoms with Gasteiger partial charge in [0.1, 0.15) is 0 Å². The fraction of sp³-hybridized carbons (Fsp3) is 0.889. The molecule has 0 fully saturated rings. The maximum absolute atomic E-state index is 11.1. The van der Waals surface area contributed by atoms with Gasteiger partial charge in [0, 0.05) is 13.2 Å². The van der Waals surface area contributed by atoms with E-state index >= 15 is 0 Å². The minimum atomic E-state index is -0.409. The van der Waals surface area contributed by atoms with Crippen molar-refractivity contribution in [2.24, 2.45) is 5.73 Å². The molecule has 84 valence electrons. The second-order valence-corrected chi connectivity index (χ2v) is 3.00. The van der Waals surface area contributed by atoms with Gasteiger partial charge in [-0.05, 0) is 12.8 Å². The second-order valence-electron chi connectivity index (χ2n) is 3.00. The van der Waals surface area contributed by atoms with E-state index in [-0.39, 0.29) is 12.5 Å². The average Bonchev–Trinajstić information content (AvgIpc) is 2.21. The molecule has 0 heterocycles. The van der Waals surface area contributed by atoms with Crippen LogP contribution in [0, 0.1) is 0 Å². The van der Waals surface area contributed by atoms with Crippen LogP contribution < -0.4 is 11.1 Å². The Morgan fingerprint density at radius 2 is 2.29 bits per heavy atom. The highest BCUT2D eigenvalue weighted by atomic mass is 16.5. The van der Waals surface area contributed by atoms with E-state index in [4.69, 9.17) is 15.6 Å². The number of hydrogen-bond acceptors (Lipinski definition) is 4. The van der Waals surface area contributed by atoms with Gasteiger partial charge >= 0.3 is 0 Å². The van der Waals surface area contributed by atoms with Gasteiger partial charge in [-0.3, -0.25) is 4.79 Å². The number of amides is 1. The van der Waals surface area contributed by atoms with Gasteiger partial charge in [0.05, 0.1) is 19.3 Å². The van der Waals surface area contributed by atoms with Crippen LogP contribution in [0.3, 0.4) is 0 Å². The third kappa shape index (κ3) is 6.82. The zero-order valence-electron chi connectivity index (χ0n) is 8.66. The van der Waals surface area contributed by atoms with Crippen molar-refractivity contribution in [3.8, 4) is 0 Å². The zero-order chi connectivity index (χ0) is 10.8. The van der Waals surface area contributed by atoms with Gasteiger partial charge in [0.2, 0.25) is 5.91 Å². The molecule has 0 aliphatic rings. The van der Waals surface area contributed by atoms with Gasteiger partial charge in [-0.2, -0.15) is 0 Å². The lowest BCUT2D eigenvalue weighted by Crippen LogP contribution is -2.40. The minimum absolute atomic E-state index is 0.0348. The van der Waals surface area contributed by atoms with Crippen LogP contribution >= 0.6 is 0 Å². The van der Waals surface area contributed by atoms with Crippen molar-refractivity contribution < 1.29 is 14.6 Å². The fourth-order valence-electron chi connectivity index (χ4n) is 0.869. The third-order valence-electron chi connectivity index (χ3n) is 1.78. The van der Waals surface area contributed by atoms with E-state index in [1.165, 1.54) is 0 Å². The molecule has 14 heavy (non-hydrogen) atoms. The summed E-state index contributed by atoms with van der Waals surface area (Å²) in [5.41, 5.74) is 5.50. The van der Waals surface area contributed by atoms with Gasteiger partial charge in [-0.15, -0.1) is 0 Å². The highest BCUT2D eigenvalue weighted by Crippen LogP contribution is 1.86. The van der Waals surface area contributed by atoms with Crippen molar-refractivity contribution in [2.45, 2.75) is 25.8 Å². The van der Waals surface area contributed by atoms with Crippen LogP contribution in [0.1, 0.15) is 19.8 Å². The van der Waals surface area contributed by atoms with Gasteiger partial charge in [-0.25, -0.2) is 0 Å². The van der Waals surface area contributed by atoms with Crippen molar-refractivity contribution in [3.05, 3.63) is 0 Å². The smallest absolute Gasteiger partial charge is 0.236 e. The van der Waals surface area contributed by atoms with E-state index in [2.05, 4.69) is 5.32 Å². The summed E-state index contributed by atoms with van der Waals surface area (Å²) in [6.45, 7) is 3.37. The number of hydrogen-bond donors (Lipinski definition) is 3. The van der Waals surface area contributed by atoms with E-state index in [9.17, 15) is 4.79 Å². The van der Waals surface area contributed by atoms with E-state index in [1.54, 1.807) is 0 Å². The zero-order valence-corrected chi connectivity index (χ0v) is 8.66. The Balaban J connectivity index is 3.23. The standard InChI is InChI=1S/C9H20N2O3/c1-2-8(10)9(13)11-4-3-6-14-7-5-12/h8,12H,2-7,10H2,1H3,(H,11,13)/t8-/m0/s1. The van der Waals surface area contributed by atoms with Crippen LogP contribution in [0.2, 0.25) is 0 Å². The molecule has 0 aliphatic heterocycles. The number of ether oxygens (including phenoxy) is 1. The summed E-state index contributed by atoms with van der Waals surface area (Å²) in [5.74, 6) is -0.116. The van der Waals surface area contributed by atoms with Crippen LogP contribution in [0.5, 0.6) is 0 Å². The molecular formula is C9H20N2O3. The van der Waals surface area contributed by atoms with Gasteiger partial charge in [0.15, 0.2) is 0 Å². The number of carbonyl (C=O) groups excluding carboxylic acids is 1. The highest BCUT2D eigenvalue weighted by molar-refractivity contribution is 5.81. The molecule has 0 rings (SSSR count). The van der Waals surface area contributed by atoms with Crippen LogP contribution in [-0.4, -0.2) is 43.4 Å². The maximum Gasteiger partial charge on any atom is 0.236 e. The molecule has 5 nitrogen and oxygen atoms in total. The molecular weight excluding hydrogens is 184 g/mol. The Bertz CT molecular complexity index is 153. The lowest BCUT2D eigenvalue weighted by Gasteiger charge is -2.09. The number of aliphatic hydroxyl groups excluding tert-OH is 1. The predicted octanol–water partition coefficient (Wildman–Crippen LogP) is -0.761. The molecule has 0 saturated carbocycles. The van der Waals surface area contributed by atoms with Crippen LogP contribution in [0.25, 0.3) is 0 Å². The Kier molecular flexibility index (Phi) is 8.51. The molecule has 0 spiro atoms. The van der Waals surface area contributed by atoms with E-state index < -0.39 is 6.04 Å². The highest BCUT2D eigenvalue weighted by Gasteiger charge is 2.08. The first-order valence-corrected chi connectivity index (χ1v) is 4.94. The number of rotatable bonds is 8. The normalized spacial score (nSPS) is 12.5. The molecule has 1 atom stereocenters. The second kappa shape index (κ2) is 8.93. The number of carbonyl (C=O) groups is 1. The molecule has 0 saturated heterocycles. The summed E-state index contributed by atoms with van der Waals surface area (Å²) in [6.07, 6.45) is 1.38. The summed E-state index contributed by atoms with van der Waals surface area (Å²) in [7, 11) is 0.